The van der Waals surface area contributed by atoms with Gasteiger partial charge in [0.05, 0.1) is 7.11 Å². The predicted molar refractivity (Wildman–Crippen MR) is 98.8 cm³/mol. The van der Waals surface area contributed by atoms with E-state index in [-0.39, 0.29) is 0 Å². The number of hydrogen-bond donors (Lipinski definition) is 0. The molecular formula is C22H27NO. The molecule has 0 N–H and O–H groups in total. The molecule has 0 aromatic heterocycles. The summed E-state index contributed by atoms with van der Waals surface area (Å²) in [7, 11) is 1.80. The Balaban J connectivity index is 1.52. The molecule has 2 heteroatoms. The van der Waals surface area contributed by atoms with Crippen LogP contribution >= 0.6 is 0 Å². The minimum absolute atomic E-state index is 0.688. The third-order valence-electron chi connectivity index (χ3n) is 5.90. The summed E-state index contributed by atoms with van der Waals surface area (Å²) in [6, 6.07) is 18.3. The maximum absolute atomic E-state index is 5.61. The van der Waals surface area contributed by atoms with Gasteiger partial charge in [0, 0.05) is 12.6 Å². The van der Waals surface area contributed by atoms with E-state index in [1.807, 2.05) is 0 Å². The first-order chi connectivity index (χ1) is 11.9. The average molecular weight is 321 g/mol. The van der Waals surface area contributed by atoms with E-state index in [9.17, 15) is 0 Å². The molecule has 0 saturated carbocycles. The Labute approximate surface area is 145 Å². The number of methoxy groups -OCH3 is 1. The van der Waals surface area contributed by atoms with Crippen LogP contribution in [0, 0.1) is 0 Å². The first-order valence-electron chi connectivity index (χ1n) is 9.30. The van der Waals surface area contributed by atoms with E-state index in [0.29, 0.717) is 12.0 Å². The van der Waals surface area contributed by atoms with E-state index < -0.39 is 0 Å². The summed E-state index contributed by atoms with van der Waals surface area (Å²) < 4.78 is 5.61. The molecule has 2 nitrogen and oxygen atoms in total. The van der Waals surface area contributed by atoms with Crippen LogP contribution in [0.1, 0.15) is 41.9 Å². The van der Waals surface area contributed by atoms with E-state index in [2.05, 4.69) is 53.4 Å². The highest BCUT2D eigenvalue weighted by Gasteiger charge is 2.36. The van der Waals surface area contributed by atoms with Crippen LogP contribution in [0.25, 0.3) is 0 Å². The lowest BCUT2D eigenvalue weighted by molar-refractivity contribution is 0.113. The Morgan fingerprint density at radius 3 is 2.75 bits per heavy atom. The van der Waals surface area contributed by atoms with E-state index >= 15 is 0 Å². The number of nitrogens with zero attached hydrogens (tertiary/aromatic N) is 1. The number of likely N-dealkylation sites (tertiary alicyclic amines) is 1. The van der Waals surface area contributed by atoms with Crippen LogP contribution < -0.4 is 4.74 Å². The largest absolute Gasteiger partial charge is 0.496 e. The molecule has 2 aliphatic rings. The number of ether oxygens (including phenoxy) is 1. The second kappa shape index (κ2) is 6.98. The molecule has 2 aromatic carbocycles. The molecule has 1 saturated heterocycles. The number of hydrogen-bond acceptors (Lipinski definition) is 2. The van der Waals surface area contributed by atoms with Gasteiger partial charge >= 0.3 is 0 Å². The SMILES string of the molecule is COc1cccc2c1CC[C@@H]1[C@H]2CCCN1CCc1ccccc1. The van der Waals surface area contributed by atoms with Crippen molar-refractivity contribution in [2.24, 2.45) is 0 Å². The van der Waals surface area contributed by atoms with Gasteiger partial charge in [0.1, 0.15) is 5.75 Å². The van der Waals surface area contributed by atoms with Gasteiger partial charge in [0.15, 0.2) is 0 Å². The maximum Gasteiger partial charge on any atom is 0.122 e. The monoisotopic (exact) mass is 321 g/mol. The summed E-state index contributed by atoms with van der Waals surface area (Å²) in [5.41, 5.74) is 4.47. The minimum atomic E-state index is 0.688. The van der Waals surface area contributed by atoms with Gasteiger partial charge in [-0.05, 0) is 67.3 Å². The highest BCUT2D eigenvalue weighted by molar-refractivity contribution is 5.45. The summed E-state index contributed by atoms with van der Waals surface area (Å²) in [4.78, 5) is 2.75. The van der Waals surface area contributed by atoms with Gasteiger partial charge in [0.2, 0.25) is 0 Å². The van der Waals surface area contributed by atoms with Crippen LogP contribution in [0.4, 0.5) is 0 Å². The third kappa shape index (κ3) is 2.95. The number of piperidine rings is 1. The molecular weight excluding hydrogens is 294 g/mol. The van der Waals surface area contributed by atoms with E-state index in [4.69, 9.17) is 4.74 Å². The number of benzene rings is 2. The Morgan fingerprint density at radius 2 is 1.92 bits per heavy atom. The fourth-order valence-electron chi connectivity index (χ4n) is 4.75. The lowest BCUT2D eigenvalue weighted by atomic mass is 9.74. The molecule has 24 heavy (non-hydrogen) atoms. The molecule has 2 atom stereocenters. The zero-order chi connectivity index (χ0) is 16.4. The van der Waals surface area contributed by atoms with Gasteiger partial charge in [-0.3, -0.25) is 4.90 Å². The van der Waals surface area contributed by atoms with Crippen LogP contribution in [-0.4, -0.2) is 31.1 Å². The topological polar surface area (TPSA) is 12.5 Å². The molecule has 1 fully saturated rings. The molecule has 0 bridgehead atoms. The first-order valence-corrected chi connectivity index (χ1v) is 9.30. The van der Waals surface area contributed by atoms with Crippen molar-refractivity contribution >= 4 is 0 Å². The summed E-state index contributed by atoms with van der Waals surface area (Å²) in [6.07, 6.45) is 6.23. The van der Waals surface area contributed by atoms with E-state index in [0.717, 1.165) is 18.6 Å². The quantitative estimate of drug-likeness (QED) is 0.826. The Kier molecular flexibility index (Phi) is 4.57. The first kappa shape index (κ1) is 15.7. The minimum Gasteiger partial charge on any atom is -0.496 e. The van der Waals surface area contributed by atoms with Crippen LogP contribution in [0.15, 0.2) is 48.5 Å². The van der Waals surface area contributed by atoms with Gasteiger partial charge < -0.3 is 4.74 Å². The molecule has 4 rings (SSSR count). The zero-order valence-electron chi connectivity index (χ0n) is 14.6. The van der Waals surface area contributed by atoms with Crippen molar-refractivity contribution in [2.45, 2.75) is 44.1 Å². The molecule has 1 heterocycles. The predicted octanol–water partition coefficient (Wildman–Crippen LogP) is 4.43. The highest BCUT2D eigenvalue weighted by Crippen LogP contribution is 2.43. The summed E-state index contributed by atoms with van der Waals surface area (Å²) in [5.74, 6) is 1.78. The third-order valence-corrected chi connectivity index (χ3v) is 5.90. The van der Waals surface area contributed by atoms with Crippen molar-refractivity contribution in [2.75, 3.05) is 20.2 Å². The van der Waals surface area contributed by atoms with Crippen LogP contribution in [0.5, 0.6) is 5.75 Å². The smallest absolute Gasteiger partial charge is 0.122 e. The highest BCUT2D eigenvalue weighted by atomic mass is 16.5. The van der Waals surface area contributed by atoms with Crippen molar-refractivity contribution in [3.05, 3.63) is 65.2 Å². The fraction of sp³-hybridized carbons (Fsp3) is 0.455. The second-order valence-corrected chi connectivity index (χ2v) is 7.15. The summed E-state index contributed by atoms with van der Waals surface area (Å²) in [6.45, 7) is 2.44. The molecule has 0 spiro atoms. The Morgan fingerprint density at radius 1 is 1.04 bits per heavy atom. The van der Waals surface area contributed by atoms with E-state index in [1.54, 1.807) is 12.7 Å². The Hall–Kier alpha value is -1.80. The van der Waals surface area contributed by atoms with Gasteiger partial charge in [-0.25, -0.2) is 0 Å². The van der Waals surface area contributed by atoms with Gasteiger partial charge in [-0.1, -0.05) is 42.5 Å². The summed E-state index contributed by atoms with van der Waals surface area (Å²) >= 11 is 0. The van der Waals surface area contributed by atoms with Crippen LogP contribution in [0.2, 0.25) is 0 Å². The number of rotatable bonds is 4. The van der Waals surface area contributed by atoms with Crippen molar-refractivity contribution in [3.63, 3.8) is 0 Å². The standard InChI is InChI=1S/C22H27NO/c1-24-22-11-5-9-18-19-10-6-15-23(21(19)13-12-20(18)22)16-14-17-7-3-2-4-8-17/h2-5,7-9,11,19,21H,6,10,12-16H2,1H3/t19-,21+/m0/s1. The lowest BCUT2D eigenvalue weighted by Crippen LogP contribution is -2.47. The molecule has 0 unspecified atom stereocenters. The molecule has 2 aromatic rings. The zero-order valence-corrected chi connectivity index (χ0v) is 14.6. The fourth-order valence-corrected chi connectivity index (χ4v) is 4.75. The molecule has 0 amide bonds. The Bertz CT molecular complexity index is 682. The number of fused-ring (bicyclic) bond motifs is 3. The van der Waals surface area contributed by atoms with Crippen molar-refractivity contribution in [1.82, 2.24) is 4.90 Å². The van der Waals surface area contributed by atoms with Crippen LogP contribution in [0.3, 0.4) is 0 Å². The van der Waals surface area contributed by atoms with Crippen molar-refractivity contribution < 1.29 is 4.74 Å². The molecule has 1 aliphatic carbocycles. The second-order valence-electron chi connectivity index (χ2n) is 7.15. The average Bonchev–Trinajstić information content (AvgIpc) is 2.66. The lowest BCUT2D eigenvalue weighted by Gasteiger charge is -2.45. The van der Waals surface area contributed by atoms with Crippen molar-refractivity contribution in [1.29, 1.82) is 0 Å². The van der Waals surface area contributed by atoms with Gasteiger partial charge in [-0.2, -0.15) is 0 Å². The summed E-state index contributed by atoms with van der Waals surface area (Å²) in [5, 5.41) is 0. The van der Waals surface area contributed by atoms with Gasteiger partial charge in [-0.15, -0.1) is 0 Å². The van der Waals surface area contributed by atoms with E-state index in [1.165, 1.54) is 43.5 Å². The van der Waals surface area contributed by atoms with Crippen LogP contribution in [-0.2, 0) is 12.8 Å². The molecule has 126 valence electrons. The molecule has 0 radical (unpaired) electrons. The van der Waals surface area contributed by atoms with Gasteiger partial charge in [0.25, 0.3) is 0 Å². The van der Waals surface area contributed by atoms with Crippen molar-refractivity contribution in [3.8, 4) is 5.75 Å². The molecule has 1 aliphatic heterocycles. The maximum atomic E-state index is 5.61. The normalized spacial score (nSPS) is 23.4.